The monoisotopic (exact) mass is 297 g/mol. The van der Waals surface area contributed by atoms with Crippen LogP contribution in [-0.4, -0.2) is 33.2 Å². The average molecular weight is 297 g/mol. The van der Waals surface area contributed by atoms with Gasteiger partial charge in [0.05, 0.1) is 6.61 Å². The van der Waals surface area contributed by atoms with Gasteiger partial charge in [-0.25, -0.2) is 13.1 Å². The van der Waals surface area contributed by atoms with E-state index in [-0.39, 0.29) is 10.9 Å². The summed E-state index contributed by atoms with van der Waals surface area (Å²) in [7, 11) is -2.04. The van der Waals surface area contributed by atoms with Crippen LogP contribution in [0.4, 0.5) is 5.69 Å². The van der Waals surface area contributed by atoms with Crippen molar-refractivity contribution in [2.45, 2.75) is 24.3 Å². The molecule has 0 bridgehead atoms. The maximum Gasteiger partial charge on any atom is 0.243 e. The van der Waals surface area contributed by atoms with E-state index in [1.165, 1.54) is 6.20 Å². The maximum absolute atomic E-state index is 12.4. The van der Waals surface area contributed by atoms with E-state index in [1.807, 2.05) is 6.92 Å². The summed E-state index contributed by atoms with van der Waals surface area (Å²) in [6, 6.07) is 4.85. The molecule has 1 atom stereocenters. The standard InChI is InChI=1S/C13H19N3O3S/c1-3-10(8-19-2)16-20(17,18)13-7-15-12-6-9(14)4-5-11(12)13/h4-7,10,15-16H,3,8,14H2,1-2H3. The highest BCUT2D eigenvalue weighted by Gasteiger charge is 2.22. The molecule has 110 valence electrons. The Labute approximate surface area is 118 Å². The Morgan fingerprint density at radius 2 is 2.20 bits per heavy atom. The van der Waals surface area contributed by atoms with Crippen LogP contribution in [0.1, 0.15) is 13.3 Å². The molecule has 0 aliphatic carbocycles. The molecule has 0 radical (unpaired) electrons. The van der Waals surface area contributed by atoms with Gasteiger partial charge in [0.2, 0.25) is 10.0 Å². The first-order chi connectivity index (χ1) is 9.47. The molecule has 1 aromatic heterocycles. The molecule has 0 saturated carbocycles. The SMILES string of the molecule is CCC(COC)NS(=O)(=O)c1c[nH]c2cc(N)ccc12. The number of hydrogen-bond acceptors (Lipinski definition) is 4. The number of nitrogens with one attached hydrogen (secondary N) is 2. The number of methoxy groups -OCH3 is 1. The lowest BCUT2D eigenvalue weighted by Gasteiger charge is -2.15. The van der Waals surface area contributed by atoms with Crippen LogP contribution in [0.2, 0.25) is 0 Å². The Balaban J connectivity index is 2.36. The Hall–Kier alpha value is -1.57. The van der Waals surface area contributed by atoms with Crippen LogP contribution in [0, 0.1) is 0 Å². The number of nitrogens with two attached hydrogens (primary N) is 1. The van der Waals surface area contributed by atoms with Gasteiger partial charge in [0.25, 0.3) is 0 Å². The van der Waals surface area contributed by atoms with Crippen LogP contribution in [0.15, 0.2) is 29.3 Å². The van der Waals surface area contributed by atoms with Gasteiger partial charge < -0.3 is 15.5 Å². The van der Waals surface area contributed by atoms with Gasteiger partial charge in [0, 0.05) is 35.9 Å². The molecule has 0 saturated heterocycles. The lowest BCUT2D eigenvalue weighted by atomic mass is 10.2. The van der Waals surface area contributed by atoms with Gasteiger partial charge in [-0.3, -0.25) is 0 Å². The highest BCUT2D eigenvalue weighted by molar-refractivity contribution is 7.89. The first-order valence-electron chi connectivity index (χ1n) is 6.35. The van der Waals surface area contributed by atoms with Crippen molar-refractivity contribution in [3.05, 3.63) is 24.4 Å². The zero-order valence-corrected chi connectivity index (χ0v) is 12.3. The zero-order chi connectivity index (χ0) is 14.8. The average Bonchev–Trinajstić information content (AvgIpc) is 2.81. The van der Waals surface area contributed by atoms with Crippen molar-refractivity contribution < 1.29 is 13.2 Å². The first kappa shape index (κ1) is 14.8. The number of H-pyrrole nitrogens is 1. The van der Waals surface area contributed by atoms with E-state index in [4.69, 9.17) is 10.5 Å². The molecule has 2 rings (SSSR count). The predicted molar refractivity (Wildman–Crippen MR) is 79.0 cm³/mol. The van der Waals surface area contributed by atoms with E-state index in [1.54, 1.807) is 25.3 Å². The van der Waals surface area contributed by atoms with Crippen LogP contribution in [0.25, 0.3) is 10.9 Å². The molecule has 6 nitrogen and oxygen atoms in total. The number of benzene rings is 1. The number of sulfonamides is 1. The highest BCUT2D eigenvalue weighted by atomic mass is 32.2. The van der Waals surface area contributed by atoms with Gasteiger partial charge in [-0.15, -0.1) is 0 Å². The fraction of sp³-hybridized carbons (Fsp3) is 0.385. The molecule has 7 heteroatoms. The summed E-state index contributed by atoms with van der Waals surface area (Å²) in [4.78, 5) is 3.15. The minimum atomic E-state index is -3.59. The Morgan fingerprint density at radius 3 is 2.85 bits per heavy atom. The molecule has 0 aliphatic heterocycles. The molecule has 1 heterocycles. The zero-order valence-electron chi connectivity index (χ0n) is 11.5. The summed E-state index contributed by atoms with van der Waals surface area (Å²) in [5, 5.41) is 0.624. The highest BCUT2D eigenvalue weighted by Crippen LogP contribution is 2.24. The van der Waals surface area contributed by atoms with Gasteiger partial charge in [0.15, 0.2) is 0 Å². The largest absolute Gasteiger partial charge is 0.399 e. The number of fused-ring (bicyclic) bond motifs is 1. The number of aromatic amines is 1. The number of rotatable bonds is 6. The summed E-state index contributed by atoms with van der Waals surface area (Å²) in [6.07, 6.45) is 2.13. The number of anilines is 1. The number of nitrogen functional groups attached to an aromatic ring is 1. The van der Waals surface area contributed by atoms with Gasteiger partial charge in [-0.05, 0) is 24.6 Å². The Morgan fingerprint density at radius 1 is 1.45 bits per heavy atom. The summed E-state index contributed by atoms with van der Waals surface area (Å²) in [5.41, 5.74) is 6.97. The topological polar surface area (TPSA) is 97.2 Å². The third-order valence-corrected chi connectivity index (χ3v) is 4.70. The van der Waals surface area contributed by atoms with Gasteiger partial charge in [-0.1, -0.05) is 6.92 Å². The maximum atomic E-state index is 12.4. The van der Waals surface area contributed by atoms with Crippen LogP contribution in [0.5, 0.6) is 0 Å². The van der Waals surface area contributed by atoms with Crippen LogP contribution in [0.3, 0.4) is 0 Å². The molecule has 4 N–H and O–H groups in total. The van der Waals surface area contributed by atoms with E-state index >= 15 is 0 Å². The second-order valence-corrected chi connectivity index (χ2v) is 6.32. The predicted octanol–water partition coefficient (Wildman–Crippen LogP) is 1.45. The van der Waals surface area contributed by atoms with Crippen LogP contribution >= 0.6 is 0 Å². The van der Waals surface area contributed by atoms with Crippen molar-refractivity contribution in [2.75, 3.05) is 19.5 Å². The third kappa shape index (κ3) is 2.95. The summed E-state index contributed by atoms with van der Waals surface area (Å²) in [5.74, 6) is 0. The molecular weight excluding hydrogens is 278 g/mol. The van der Waals surface area contributed by atoms with Gasteiger partial charge >= 0.3 is 0 Å². The van der Waals surface area contributed by atoms with E-state index in [0.717, 1.165) is 0 Å². The quantitative estimate of drug-likeness (QED) is 0.703. The van der Waals surface area contributed by atoms with Crippen molar-refractivity contribution in [1.82, 2.24) is 9.71 Å². The lowest BCUT2D eigenvalue weighted by Crippen LogP contribution is -2.37. The molecule has 0 fully saturated rings. The molecule has 1 unspecified atom stereocenters. The van der Waals surface area contributed by atoms with Crippen molar-refractivity contribution in [3.63, 3.8) is 0 Å². The summed E-state index contributed by atoms with van der Waals surface area (Å²) >= 11 is 0. The minimum absolute atomic E-state index is 0.224. The molecule has 0 amide bonds. The molecule has 1 aromatic carbocycles. The third-order valence-electron chi connectivity index (χ3n) is 3.14. The number of aromatic nitrogens is 1. The van der Waals surface area contributed by atoms with Crippen molar-refractivity contribution in [2.24, 2.45) is 0 Å². The van der Waals surface area contributed by atoms with Gasteiger partial charge in [-0.2, -0.15) is 0 Å². The van der Waals surface area contributed by atoms with Crippen molar-refractivity contribution in [3.8, 4) is 0 Å². The minimum Gasteiger partial charge on any atom is -0.399 e. The second-order valence-electron chi connectivity index (χ2n) is 4.64. The molecule has 2 aromatic rings. The second kappa shape index (κ2) is 5.82. The van der Waals surface area contributed by atoms with E-state index in [2.05, 4.69) is 9.71 Å². The van der Waals surface area contributed by atoms with E-state index in [9.17, 15) is 8.42 Å². The molecular formula is C13H19N3O3S. The molecule has 20 heavy (non-hydrogen) atoms. The molecule has 0 spiro atoms. The fourth-order valence-corrected chi connectivity index (χ4v) is 3.54. The Kier molecular flexibility index (Phi) is 4.32. The lowest BCUT2D eigenvalue weighted by molar-refractivity contribution is 0.173. The Bertz CT molecular complexity index is 694. The number of hydrogen-bond donors (Lipinski definition) is 3. The summed E-state index contributed by atoms with van der Waals surface area (Å²) in [6.45, 7) is 2.24. The van der Waals surface area contributed by atoms with E-state index < -0.39 is 10.0 Å². The van der Waals surface area contributed by atoms with Crippen LogP contribution in [-0.2, 0) is 14.8 Å². The van der Waals surface area contributed by atoms with E-state index in [0.29, 0.717) is 29.6 Å². The van der Waals surface area contributed by atoms with Crippen LogP contribution < -0.4 is 10.5 Å². The normalized spacial score (nSPS) is 13.7. The molecule has 0 aliphatic rings. The smallest absolute Gasteiger partial charge is 0.243 e. The van der Waals surface area contributed by atoms with Crippen molar-refractivity contribution in [1.29, 1.82) is 0 Å². The summed E-state index contributed by atoms with van der Waals surface area (Å²) < 4.78 is 32.5. The number of ether oxygens (including phenoxy) is 1. The fourth-order valence-electron chi connectivity index (χ4n) is 2.06. The first-order valence-corrected chi connectivity index (χ1v) is 7.84. The van der Waals surface area contributed by atoms with Crippen molar-refractivity contribution >= 4 is 26.6 Å². The van der Waals surface area contributed by atoms with Gasteiger partial charge in [0.1, 0.15) is 4.90 Å².